The lowest BCUT2D eigenvalue weighted by Crippen LogP contribution is -2.38. The number of aromatic nitrogens is 3. The molecule has 6 heteroatoms. The molecule has 0 radical (unpaired) electrons. The zero-order valence-electron chi connectivity index (χ0n) is 16.1. The first kappa shape index (κ1) is 17.4. The van der Waals surface area contributed by atoms with Crippen LogP contribution in [0.3, 0.4) is 0 Å². The number of carbonyl (C=O) groups is 1. The molecule has 1 aliphatic heterocycles. The van der Waals surface area contributed by atoms with E-state index in [-0.39, 0.29) is 16.9 Å². The van der Waals surface area contributed by atoms with Crippen molar-refractivity contribution < 1.29 is 4.79 Å². The van der Waals surface area contributed by atoms with E-state index >= 15 is 0 Å². The molecule has 0 unspecified atom stereocenters. The Bertz CT molecular complexity index is 1290. The Labute approximate surface area is 167 Å². The molecule has 0 aliphatic carbocycles. The fourth-order valence-corrected chi connectivity index (χ4v) is 4.03. The second kappa shape index (κ2) is 6.74. The van der Waals surface area contributed by atoms with Gasteiger partial charge in [0.1, 0.15) is 11.2 Å². The van der Waals surface area contributed by atoms with E-state index in [9.17, 15) is 9.59 Å². The van der Waals surface area contributed by atoms with Crippen LogP contribution < -0.4 is 5.43 Å². The van der Waals surface area contributed by atoms with Crippen LogP contribution in [0.2, 0.25) is 0 Å². The van der Waals surface area contributed by atoms with E-state index in [4.69, 9.17) is 0 Å². The van der Waals surface area contributed by atoms with Crippen molar-refractivity contribution in [3.8, 4) is 5.69 Å². The molecule has 6 nitrogen and oxygen atoms in total. The average Bonchev–Trinajstić information content (AvgIpc) is 3.11. The molecule has 4 aromatic rings. The van der Waals surface area contributed by atoms with Gasteiger partial charge in [-0.1, -0.05) is 42.5 Å². The topological polar surface area (TPSA) is 71.0 Å². The Hall–Kier alpha value is -3.67. The van der Waals surface area contributed by atoms with Gasteiger partial charge in [-0.25, -0.2) is 4.68 Å². The smallest absolute Gasteiger partial charge is 0.259 e. The third-order valence-corrected chi connectivity index (χ3v) is 5.53. The highest BCUT2D eigenvalue weighted by Gasteiger charge is 2.25. The predicted octanol–water partition coefficient (Wildman–Crippen LogP) is 3.22. The predicted molar refractivity (Wildman–Crippen MR) is 111 cm³/mol. The Morgan fingerprint density at radius 1 is 1.03 bits per heavy atom. The molecule has 0 fully saturated rings. The first-order valence-corrected chi connectivity index (χ1v) is 9.66. The summed E-state index contributed by atoms with van der Waals surface area (Å²) >= 11 is 0. The van der Waals surface area contributed by atoms with Crippen LogP contribution in [0.25, 0.3) is 16.7 Å². The number of nitrogens with zero attached hydrogens (tertiary/aromatic N) is 3. The fourth-order valence-electron chi connectivity index (χ4n) is 4.03. The fraction of sp³-hybridized carbons (Fsp3) is 0.174. The highest BCUT2D eigenvalue weighted by Crippen LogP contribution is 2.21. The molecule has 1 N–H and O–H groups in total. The molecule has 0 saturated carbocycles. The number of rotatable bonds is 2. The molecule has 2 aromatic heterocycles. The van der Waals surface area contributed by atoms with Crippen LogP contribution in [0.15, 0.2) is 65.6 Å². The number of hydrogen-bond donors (Lipinski definition) is 1. The van der Waals surface area contributed by atoms with Crippen LogP contribution in [-0.2, 0) is 13.0 Å². The van der Waals surface area contributed by atoms with Gasteiger partial charge < -0.3 is 9.88 Å². The third-order valence-electron chi connectivity index (χ3n) is 5.53. The summed E-state index contributed by atoms with van der Waals surface area (Å²) < 4.78 is 1.71. The normalized spacial score (nSPS) is 13.5. The third kappa shape index (κ3) is 2.84. The summed E-state index contributed by atoms with van der Waals surface area (Å²) in [6.45, 7) is 2.92. The van der Waals surface area contributed by atoms with Crippen molar-refractivity contribution in [3.05, 3.63) is 93.4 Å². The Morgan fingerprint density at radius 2 is 1.76 bits per heavy atom. The molecule has 3 heterocycles. The molecule has 0 spiro atoms. The van der Waals surface area contributed by atoms with Crippen molar-refractivity contribution in [2.75, 3.05) is 6.54 Å². The van der Waals surface area contributed by atoms with Gasteiger partial charge in [-0.2, -0.15) is 5.10 Å². The molecular formula is C23H20N4O2. The summed E-state index contributed by atoms with van der Waals surface area (Å²) in [5, 5.41) is 4.98. The number of H-pyrrole nitrogens is 1. The summed E-state index contributed by atoms with van der Waals surface area (Å²) in [5.41, 5.74) is 4.34. The van der Waals surface area contributed by atoms with Crippen LogP contribution in [0.1, 0.15) is 27.2 Å². The van der Waals surface area contributed by atoms with Gasteiger partial charge in [-0.15, -0.1) is 0 Å². The molecule has 1 amide bonds. The molecule has 5 rings (SSSR count). The standard InChI is InChI=1S/C23H20N4O2/c1-15-20-21(28)19(13-24-22(20)27(25-15)18-9-3-2-4-10-18)23(29)26-12-11-16-7-5-6-8-17(16)14-26/h2-10,13H,11-12,14H2,1H3,(H,24,28). The molecule has 0 bridgehead atoms. The molecule has 144 valence electrons. The zero-order chi connectivity index (χ0) is 20.0. The van der Waals surface area contributed by atoms with Gasteiger partial charge in [0.05, 0.1) is 16.8 Å². The van der Waals surface area contributed by atoms with E-state index in [1.165, 1.54) is 11.8 Å². The van der Waals surface area contributed by atoms with Crippen LogP contribution in [-0.4, -0.2) is 32.1 Å². The van der Waals surface area contributed by atoms with E-state index in [2.05, 4.69) is 16.1 Å². The molecule has 29 heavy (non-hydrogen) atoms. The minimum absolute atomic E-state index is 0.160. The lowest BCUT2D eigenvalue weighted by Gasteiger charge is -2.28. The number of amides is 1. The van der Waals surface area contributed by atoms with E-state index in [1.54, 1.807) is 16.5 Å². The average molecular weight is 384 g/mol. The van der Waals surface area contributed by atoms with Crippen molar-refractivity contribution in [1.82, 2.24) is 19.7 Å². The maximum Gasteiger partial charge on any atom is 0.259 e. The monoisotopic (exact) mass is 384 g/mol. The Balaban J connectivity index is 1.55. The van der Waals surface area contributed by atoms with Crippen molar-refractivity contribution in [3.63, 3.8) is 0 Å². The van der Waals surface area contributed by atoms with Crippen LogP contribution >= 0.6 is 0 Å². The first-order chi connectivity index (χ1) is 14.1. The van der Waals surface area contributed by atoms with Crippen molar-refractivity contribution >= 4 is 16.9 Å². The number of benzene rings is 2. The number of pyridine rings is 1. The largest absolute Gasteiger partial charge is 0.345 e. The number of para-hydroxylation sites is 1. The van der Waals surface area contributed by atoms with Crippen molar-refractivity contribution in [1.29, 1.82) is 0 Å². The molecule has 2 aromatic carbocycles. The molecule has 0 saturated heterocycles. The maximum atomic E-state index is 13.2. The summed E-state index contributed by atoms with van der Waals surface area (Å²) in [5.74, 6) is -0.241. The lowest BCUT2D eigenvalue weighted by molar-refractivity contribution is 0.0733. The molecule has 0 atom stereocenters. The van der Waals surface area contributed by atoms with Gasteiger partial charge in [0, 0.05) is 19.3 Å². The van der Waals surface area contributed by atoms with Gasteiger partial charge in [-0.05, 0) is 36.6 Å². The molecular weight excluding hydrogens is 364 g/mol. The second-order valence-corrected chi connectivity index (χ2v) is 7.33. The van der Waals surface area contributed by atoms with E-state index in [1.807, 2.05) is 48.5 Å². The van der Waals surface area contributed by atoms with Gasteiger partial charge in [0.25, 0.3) is 5.91 Å². The quantitative estimate of drug-likeness (QED) is 0.577. The van der Waals surface area contributed by atoms with Crippen LogP contribution in [0.5, 0.6) is 0 Å². The Kier molecular flexibility index (Phi) is 4.05. The van der Waals surface area contributed by atoms with E-state index < -0.39 is 0 Å². The summed E-state index contributed by atoms with van der Waals surface area (Å²) in [6.07, 6.45) is 2.32. The number of carbonyl (C=O) groups excluding carboxylic acids is 1. The number of aromatic amines is 1. The first-order valence-electron chi connectivity index (χ1n) is 9.66. The minimum Gasteiger partial charge on any atom is -0.345 e. The van der Waals surface area contributed by atoms with Gasteiger partial charge in [0.2, 0.25) is 5.43 Å². The van der Waals surface area contributed by atoms with Gasteiger partial charge in [0.15, 0.2) is 0 Å². The summed E-state index contributed by atoms with van der Waals surface area (Å²) in [6, 6.07) is 17.7. The highest BCUT2D eigenvalue weighted by atomic mass is 16.2. The summed E-state index contributed by atoms with van der Waals surface area (Å²) in [4.78, 5) is 31.2. The van der Waals surface area contributed by atoms with Crippen LogP contribution in [0, 0.1) is 6.92 Å². The second-order valence-electron chi connectivity index (χ2n) is 7.33. The zero-order valence-corrected chi connectivity index (χ0v) is 16.1. The SMILES string of the molecule is Cc1nn(-c2ccccc2)c2[nH]cc(C(=O)N3CCc4ccccc4C3)c(=O)c12. The van der Waals surface area contributed by atoms with E-state index in [0.29, 0.717) is 29.8 Å². The Morgan fingerprint density at radius 3 is 2.55 bits per heavy atom. The van der Waals surface area contributed by atoms with E-state index in [0.717, 1.165) is 17.7 Å². The number of aryl methyl sites for hydroxylation is 1. The van der Waals surface area contributed by atoms with Crippen LogP contribution in [0.4, 0.5) is 0 Å². The van der Waals surface area contributed by atoms with Gasteiger partial charge in [-0.3, -0.25) is 9.59 Å². The minimum atomic E-state index is -0.276. The van der Waals surface area contributed by atoms with Gasteiger partial charge >= 0.3 is 0 Å². The number of nitrogens with one attached hydrogen (secondary N) is 1. The number of fused-ring (bicyclic) bond motifs is 2. The highest BCUT2D eigenvalue weighted by molar-refractivity contribution is 5.97. The molecule has 1 aliphatic rings. The lowest BCUT2D eigenvalue weighted by atomic mass is 9.99. The van der Waals surface area contributed by atoms with Crippen molar-refractivity contribution in [2.24, 2.45) is 0 Å². The van der Waals surface area contributed by atoms with Crippen molar-refractivity contribution in [2.45, 2.75) is 19.9 Å². The maximum absolute atomic E-state index is 13.2. The number of hydrogen-bond acceptors (Lipinski definition) is 3. The summed E-state index contributed by atoms with van der Waals surface area (Å²) in [7, 11) is 0.